The molecule has 1 rings (SSSR count). The van der Waals surface area contributed by atoms with Crippen LogP contribution in [-0.2, 0) is 11.8 Å². The number of aromatic nitrogens is 2. The van der Waals surface area contributed by atoms with Gasteiger partial charge in [-0.1, -0.05) is 27.7 Å². The van der Waals surface area contributed by atoms with E-state index in [4.69, 9.17) is 0 Å². The average molecular weight is 180 g/mol. The lowest BCUT2D eigenvalue weighted by Gasteiger charge is -2.20. The molecule has 0 radical (unpaired) electrons. The SMILES string of the molecule is CCc1ncc(=O)[nH]c1C(C)(C)C. The molecule has 72 valence electrons. The molecule has 0 spiro atoms. The molecule has 1 N–H and O–H groups in total. The molecule has 0 aromatic carbocycles. The molecule has 1 heterocycles. The van der Waals surface area contributed by atoms with Gasteiger partial charge in [-0.3, -0.25) is 9.78 Å². The molecule has 1 aromatic rings. The molecule has 3 heteroatoms. The van der Waals surface area contributed by atoms with Crippen molar-refractivity contribution in [2.75, 3.05) is 0 Å². The molecular formula is C10H16N2O. The normalized spacial score (nSPS) is 11.7. The first-order valence-electron chi connectivity index (χ1n) is 4.54. The Labute approximate surface area is 78.2 Å². The minimum Gasteiger partial charge on any atom is -0.323 e. The van der Waals surface area contributed by atoms with Crippen LogP contribution in [0.25, 0.3) is 0 Å². The topological polar surface area (TPSA) is 45.8 Å². The van der Waals surface area contributed by atoms with E-state index in [9.17, 15) is 4.79 Å². The van der Waals surface area contributed by atoms with Crippen molar-refractivity contribution in [3.05, 3.63) is 27.9 Å². The first kappa shape index (κ1) is 9.96. The maximum atomic E-state index is 11.1. The quantitative estimate of drug-likeness (QED) is 0.714. The molecule has 0 aliphatic carbocycles. The van der Waals surface area contributed by atoms with Crippen LogP contribution in [-0.4, -0.2) is 9.97 Å². The Morgan fingerprint density at radius 2 is 2.08 bits per heavy atom. The van der Waals surface area contributed by atoms with E-state index >= 15 is 0 Å². The van der Waals surface area contributed by atoms with Crippen LogP contribution in [0.4, 0.5) is 0 Å². The number of aryl methyl sites for hydroxylation is 1. The number of hydrogen-bond donors (Lipinski definition) is 1. The third-order valence-electron chi connectivity index (χ3n) is 1.96. The van der Waals surface area contributed by atoms with Crippen LogP contribution in [0.15, 0.2) is 11.0 Å². The number of nitrogens with one attached hydrogen (secondary N) is 1. The van der Waals surface area contributed by atoms with Crippen LogP contribution in [0.2, 0.25) is 0 Å². The van der Waals surface area contributed by atoms with Gasteiger partial charge in [-0.15, -0.1) is 0 Å². The van der Waals surface area contributed by atoms with Gasteiger partial charge in [0.15, 0.2) is 0 Å². The average Bonchev–Trinajstić information content (AvgIpc) is 2.03. The predicted octanol–water partition coefficient (Wildman–Crippen LogP) is 1.63. The van der Waals surface area contributed by atoms with E-state index in [1.54, 1.807) is 0 Å². The molecule has 0 saturated carbocycles. The summed E-state index contributed by atoms with van der Waals surface area (Å²) in [6.07, 6.45) is 2.19. The highest BCUT2D eigenvalue weighted by Crippen LogP contribution is 2.21. The summed E-state index contributed by atoms with van der Waals surface area (Å²) in [7, 11) is 0. The molecule has 0 saturated heterocycles. The molecule has 0 atom stereocenters. The summed E-state index contributed by atoms with van der Waals surface area (Å²) in [5.41, 5.74) is 1.76. The molecule has 1 aromatic heterocycles. The Morgan fingerprint density at radius 3 is 2.54 bits per heavy atom. The van der Waals surface area contributed by atoms with Gasteiger partial charge in [0, 0.05) is 11.1 Å². The van der Waals surface area contributed by atoms with E-state index in [1.165, 1.54) is 6.20 Å². The van der Waals surface area contributed by atoms with Gasteiger partial charge in [0.2, 0.25) is 0 Å². The Morgan fingerprint density at radius 1 is 1.46 bits per heavy atom. The third kappa shape index (κ3) is 2.17. The van der Waals surface area contributed by atoms with Gasteiger partial charge in [0.25, 0.3) is 5.56 Å². The summed E-state index contributed by atoms with van der Waals surface area (Å²) < 4.78 is 0. The first-order chi connectivity index (χ1) is 5.95. The standard InChI is InChI=1S/C10H16N2O/c1-5-7-9(10(2,3)4)12-8(13)6-11-7/h6H,5H2,1-4H3,(H,12,13). The largest absolute Gasteiger partial charge is 0.323 e. The summed E-state index contributed by atoms with van der Waals surface area (Å²) in [6.45, 7) is 8.24. The van der Waals surface area contributed by atoms with Crippen LogP contribution >= 0.6 is 0 Å². The highest BCUT2D eigenvalue weighted by Gasteiger charge is 2.18. The van der Waals surface area contributed by atoms with Gasteiger partial charge in [0.1, 0.15) is 0 Å². The second-order valence-electron chi connectivity index (χ2n) is 4.17. The molecule has 13 heavy (non-hydrogen) atoms. The summed E-state index contributed by atoms with van der Waals surface area (Å²) in [6, 6.07) is 0. The summed E-state index contributed by atoms with van der Waals surface area (Å²) in [5.74, 6) is 0. The summed E-state index contributed by atoms with van der Waals surface area (Å²) in [5, 5.41) is 0. The molecule has 0 aliphatic heterocycles. The van der Waals surface area contributed by atoms with E-state index < -0.39 is 0 Å². The minimum atomic E-state index is -0.123. The summed E-state index contributed by atoms with van der Waals surface area (Å²) in [4.78, 5) is 18.1. The van der Waals surface area contributed by atoms with Crippen LogP contribution < -0.4 is 5.56 Å². The highest BCUT2D eigenvalue weighted by atomic mass is 16.1. The lowest BCUT2D eigenvalue weighted by molar-refractivity contribution is 0.553. The van der Waals surface area contributed by atoms with E-state index in [-0.39, 0.29) is 11.0 Å². The fourth-order valence-corrected chi connectivity index (χ4v) is 1.32. The van der Waals surface area contributed by atoms with Gasteiger partial charge < -0.3 is 4.98 Å². The van der Waals surface area contributed by atoms with Gasteiger partial charge >= 0.3 is 0 Å². The van der Waals surface area contributed by atoms with Gasteiger partial charge in [-0.05, 0) is 6.42 Å². The predicted molar refractivity (Wildman–Crippen MR) is 52.9 cm³/mol. The molecule has 0 amide bonds. The Bertz CT molecular complexity index is 347. The second-order valence-corrected chi connectivity index (χ2v) is 4.17. The minimum absolute atomic E-state index is 0.0429. The lowest BCUT2D eigenvalue weighted by Crippen LogP contribution is -2.22. The smallest absolute Gasteiger partial charge is 0.266 e. The van der Waals surface area contributed by atoms with Crippen molar-refractivity contribution in [3.8, 4) is 0 Å². The molecule has 0 bridgehead atoms. The summed E-state index contributed by atoms with van der Waals surface area (Å²) >= 11 is 0. The first-order valence-corrected chi connectivity index (χ1v) is 4.54. The zero-order chi connectivity index (χ0) is 10.1. The van der Waals surface area contributed by atoms with Crippen molar-refractivity contribution in [1.29, 1.82) is 0 Å². The van der Waals surface area contributed by atoms with Crippen LogP contribution in [0, 0.1) is 0 Å². The van der Waals surface area contributed by atoms with E-state index in [1.807, 2.05) is 6.92 Å². The molecule has 0 unspecified atom stereocenters. The van der Waals surface area contributed by atoms with Crippen LogP contribution in [0.1, 0.15) is 39.1 Å². The van der Waals surface area contributed by atoms with Gasteiger partial charge in [0.05, 0.1) is 11.9 Å². The number of aromatic amines is 1. The van der Waals surface area contributed by atoms with Crippen LogP contribution in [0.5, 0.6) is 0 Å². The van der Waals surface area contributed by atoms with Gasteiger partial charge in [-0.2, -0.15) is 0 Å². The van der Waals surface area contributed by atoms with Crippen molar-refractivity contribution >= 4 is 0 Å². The van der Waals surface area contributed by atoms with Crippen molar-refractivity contribution < 1.29 is 0 Å². The van der Waals surface area contributed by atoms with Gasteiger partial charge in [-0.25, -0.2) is 0 Å². The maximum absolute atomic E-state index is 11.1. The Kier molecular flexibility index (Phi) is 2.55. The van der Waals surface area contributed by atoms with E-state index in [0.29, 0.717) is 0 Å². The zero-order valence-electron chi connectivity index (χ0n) is 8.64. The fourth-order valence-electron chi connectivity index (χ4n) is 1.32. The molecular weight excluding hydrogens is 164 g/mol. The zero-order valence-corrected chi connectivity index (χ0v) is 8.64. The van der Waals surface area contributed by atoms with Crippen molar-refractivity contribution in [2.24, 2.45) is 0 Å². The van der Waals surface area contributed by atoms with Crippen molar-refractivity contribution in [3.63, 3.8) is 0 Å². The third-order valence-corrected chi connectivity index (χ3v) is 1.96. The molecule has 0 aliphatic rings. The van der Waals surface area contributed by atoms with Crippen molar-refractivity contribution in [2.45, 2.75) is 39.5 Å². The Balaban J connectivity index is 3.32. The number of hydrogen-bond acceptors (Lipinski definition) is 2. The monoisotopic (exact) mass is 180 g/mol. The number of nitrogens with zero attached hydrogens (tertiary/aromatic N) is 1. The maximum Gasteiger partial charge on any atom is 0.266 e. The highest BCUT2D eigenvalue weighted by molar-refractivity contribution is 5.18. The number of rotatable bonds is 1. The second kappa shape index (κ2) is 3.32. The van der Waals surface area contributed by atoms with E-state index in [2.05, 4.69) is 30.7 Å². The lowest BCUT2D eigenvalue weighted by atomic mass is 9.90. The Hall–Kier alpha value is -1.12. The number of H-pyrrole nitrogens is 1. The molecule has 0 fully saturated rings. The van der Waals surface area contributed by atoms with Crippen LogP contribution in [0.3, 0.4) is 0 Å². The van der Waals surface area contributed by atoms with Crippen molar-refractivity contribution in [1.82, 2.24) is 9.97 Å². The fraction of sp³-hybridized carbons (Fsp3) is 0.600. The molecule has 3 nitrogen and oxygen atoms in total. The van der Waals surface area contributed by atoms with E-state index in [0.717, 1.165) is 17.8 Å².